The average Bonchev–Trinajstić information content (AvgIpc) is 3.04. The highest BCUT2D eigenvalue weighted by Gasteiger charge is 2.37. The Labute approximate surface area is 196 Å². The summed E-state index contributed by atoms with van der Waals surface area (Å²) in [6, 6.07) is 6.97. The van der Waals surface area contributed by atoms with Crippen LogP contribution >= 0.6 is 11.8 Å². The van der Waals surface area contributed by atoms with Gasteiger partial charge in [0.1, 0.15) is 0 Å². The summed E-state index contributed by atoms with van der Waals surface area (Å²) in [7, 11) is 1.40. The number of fused-ring (bicyclic) bond motifs is 1. The third kappa shape index (κ3) is 4.04. The maximum Gasteiger partial charge on any atom is 0.290 e. The highest BCUT2D eigenvalue weighted by atomic mass is 32.2. The zero-order valence-corrected chi connectivity index (χ0v) is 20.0. The third-order valence-corrected chi connectivity index (χ3v) is 6.88. The molecule has 2 aromatic carbocycles. The summed E-state index contributed by atoms with van der Waals surface area (Å²) in [5, 5.41) is 1.74. The quantitative estimate of drug-likeness (QED) is 0.627. The van der Waals surface area contributed by atoms with Gasteiger partial charge in [0.15, 0.2) is 11.6 Å². The number of anilines is 1. The average molecular weight is 469 g/mol. The minimum Gasteiger partial charge on any atom is -0.493 e. The molecule has 2 heterocycles. The van der Waals surface area contributed by atoms with Gasteiger partial charge in [-0.05, 0) is 72.1 Å². The molecule has 1 N–H and O–H groups in total. The van der Waals surface area contributed by atoms with Crippen molar-refractivity contribution in [3.05, 3.63) is 51.7 Å². The first-order chi connectivity index (χ1) is 15.6. The topological polar surface area (TPSA) is 75.7 Å². The Bertz CT molecular complexity index is 1240. The number of ether oxygens (including phenoxy) is 1. The Morgan fingerprint density at radius 1 is 1.18 bits per heavy atom. The van der Waals surface area contributed by atoms with E-state index in [0.717, 1.165) is 34.1 Å². The van der Waals surface area contributed by atoms with Crippen molar-refractivity contribution in [1.29, 1.82) is 0 Å². The van der Waals surface area contributed by atoms with Crippen LogP contribution in [0.5, 0.6) is 5.75 Å². The molecular weight excluding hydrogens is 443 g/mol. The molecule has 2 aliphatic heterocycles. The number of methoxy groups -OCH3 is 1. The number of hydrogen-bond acceptors (Lipinski definition) is 5. The number of carbonyl (C=O) groups is 3. The lowest BCUT2D eigenvalue weighted by atomic mass is 9.75. The molecule has 6 nitrogen and oxygen atoms in total. The summed E-state index contributed by atoms with van der Waals surface area (Å²) in [5.41, 5.74) is 4.14. The Balaban J connectivity index is 1.92. The largest absolute Gasteiger partial charge is 0.493 e. The number of aryl methyl sites for hydroxylation is 1. The number of rotatable bonds is 4. The predicted molar refractivity (Wildman–Crippen MR) is 128 cm³/mol. The van der Waals surface area contributed by atoms with E-state index < -0.39 is 17.0 Å². The molecule has 1 fully saturated rings. The molecule has 2 aromatic rings. The summed E-state index contributed by atoms with van der Waals surface area (Å²) in [4.78, 5) is 38.2. The van der Waals surface area contributed by atoms with Crippen molar-refractivity contribution in [2.24, 2.45) is 0 Å². The van der Waals surface area contributed by atoms with Crippen LogP contribution < -0.4 is 15.0 Å². The molecule has 0 atom stereocenters. The van der Waals surface area contributed by atoms with Gasteiger partial charge in [-0.15, -0.1) is 0 Å². The monoisotopic (exact) mass is 468 g/mol. The van der Waals surface area contributed by atoms with Crippen LogP contribution in [0.4, 0.5) is 14.9 Å². The van der Waals surface area contributed by atoms with Crippen LogP contribution in [0.25, 0.3) is 17.2 Å². The zero-order valence-electron chi connectivity index (χ0n) is 19.2. The van der Waals surface area contributed by atoms with Crippen LogP contribution in [0.1, 0.15) is 43.9 Å². The van der Waals surface area contributed by atoms with Gasteiger partial charge < -0.3 is 9.64 Å². The van der Waals surface area contributed by atoms with Crippen LogP contribution in [0, 0.1) is 12.7 Å². The Kier molecular flexibility index (Phi) is 5.82. The molecule has 2 aliphatic rings. The summed E-state index contributed by atoms with van der Waals surface area (Å²) < 4.78 is 20.4. The SMILES string of the molecule is CCN1C(=O)CC(C)(C)c2cc(C)c(-c3cc(/C=C4/SC(=O)NC4=O)cc(F)c3OC)cc21. The van der Waals surface area contributed by atoms with Crippen LogP contribution in [0.3, 0.4) is 0 Å². The van der Waals surface area contributed by atoms with Gasteiger partial charge in [0, 0.05) is 29.6 Å². The second kappa shape index (κ2) is 8.33. The molecular formula is C25H25FN2O4S. The molecule has 0 radical (unpaired) electrons. The van der Waals surface area contributed by atoms with Crippen LogP contribution in [-0.4, -0.2) is 30.7 Å². The van der Waals surface area contributed by atoms with Crippen molar-refractivity contribution in [1.82, 2.24) is 5.32 Å². The molecule has 8 heteroatoms. The van der Waals surface area contributed by atoms with E-state index in [2.05, 4.69) is 25.2 Å². The molecule has 1 saturated heterocycles. The molecule has 0 bridgehead atoms. The van der Waals surface area contributed by atoms with E-state index in [1.165, 1.54) is 19.3 Å². The first-order valence-electron chi connectivity index (χ1n) is 10.6. The van der Waals surface area contributed by atoms with E-state index in [1.54, 1.807) is 11.0 Å². The normalized spacial score (nSPS) is 18.5. The van der Waals surface area contributed by atoms with E-state index in [9.17, 15) is 14.4 Å². The number of benzene rings is 2. The summed E-state index contributed by atoms with van der Waals surface area (Å²) >= 11 is 0.775. The number of nitrogens with zero attached hydrogens (tertiary/aromatic N) is 1. The van der Waals surface area contributed by atoms with E-state index in [4.69, 9.17) is 4.74 Å². The van der Waals surface area contributed by atoms with Gasteiger partial charge in [-0.25, -0.2) is 4.39 Å². The minimum atomic E-state index is -0.586. The van der Waals surface area contributed by atoms with Crippen LogP contribution in [-0.2, 0) is 15.0 Å². The minimum absolute atomic E-state index is 0.0513. The molecule has 3 amide bonds. The number of amides is 3. The molecule has 0 aliphatic carbocycles. The van der Waals surface area contributed by atoms with Crippen molar-refractivity contribution in [2.75, 3.05) is 18.6 Å². The fourth-order valence-electron chi connectivity index (χ4n) is 4.48. The Hall–Kier alpha value is -3.13. The summed E-state index contributed by atoms with van der Waals surface area (Å²) in [6.45, 7) is 8.50. The number of thioether (sulfide) groups is 1. The van der Waals surface area contributed by atoms with Gasteiger partial charge in [-0.3, -0.25) is 19.7 Å². The summed E-state index contributed by atoms with van der Waals surface area (Å²) in [6.07, 6.45) is 1.90. The lowest BCUT2D eigenvalue weighted by Gasteiger charge is -2.39. The lowest BCUT2D eigenvalue weighted by Crippen LogP contribution is -2.41. The molecule has 4 rings (SSSR count). The molecule has 0 saturated carbocycles. The van der Waals surface area contributed by atoms with Crippen LogP contribution in [0.15, 0.2) is 29.2 Å². The first kappa shape index (κ1) is 23.0. The smallest absolute Gasteiger partial charge is 0.290 e. The van der Waals surface area contributed by atoms with Gasteiger partial charge in [0.25, 0.3) is 11.1 Å². The second-order valence-electron chi connectivity index (χ2n) is 8.82. The number of carbonyl (C=O) groups excluding carboxylic acids is 3. The van der Waals surface area contributed by atoms with Crippen LogP contribution in [0.2, 0.25) is 0 Å². The molecule has 0 spiro atoms. The van der Waals surface area contributed by atoms with Crippen molar-refractivity contribution >= 4 is 40.6 Å². The third-order valence-electron chi connectivity index (χ3n) is 6.07. The van der Waals surface area contributed by atoms with E-state index in [-0.39, 0.29) is 22.0 Å². The molecule has 33 heavy (non-hydrogen) atoms. The first-order valence-corrected chi connectivity index (χ1v) is 11.5. The molecule has 0 aromatic heterocycles. The molecule has 172 valence electrons. The van der Waals surface area contributed by atoms with Crippen molar-refractivity contribution in [2.45, 2.75) is 39.5 Å². The van der Waals surface area contributed by atoms with Gasteiger partial charge in [0.05, 0.1) is 12.0 Å². The number of imide groups is 1. The fourth-order valence-corrected chi connectivity index (χ4v) is 5.16. The lowest BCUT2D eigenvalue weighted by molar-refractivity contribution is -0.120. The van der Waals surface area contributed by atoms with Crippen molar-refractivity contribution in [3.63, 3.8) is 0 Å². The van der Waals surface area contributed by atoms with Gasteiger partial charge in [-0.2, -0.15) is 0 Å². The van der Waals surface area contributed by atoms with Gasteiger partial charge >= 0.3 is 0 Å². The Morgan fingerprint density at radius 3 is 2.52 bits per heavy atom. The van der Waals surface area contributed by atoms with E-state index in [0.29, 0.717) is 24.1 Å². The predicted octanol–water partition coefficient (Wildman–Crippen LogP) is 5.17. The zero-order chi connectivity index (χ0) is 24.1. The van der Waals surface area contributed by atoms with Gasteiger partial charge in [-0.1, -0.05) is 19.9 Å². The van der Waals surface area contributed by atoms with Gasteiger partial charge in [0.2, 0.25) is 5.91 Å². The van der Waals surface area contributed by atoms with Crippen molar-refractivity contribution in [3.8, 4) is 16.9 Å². The maximum atomic E-state index is 15.1. The highest BCUT2D eigenvalue weighted by molar-refractivity contribution is 8.18. The number of hydrogen-bond donors (Lipinski definition) is 1. The second-order valence-corrected chi connectivity index (χ2v) is 9.83. The highest BCUT2D eigenvalue weighted by Crippen LogP contribution is 2.45. The molecule has 0 unspecified atom stereocenters. The standard InChI is InChI=1S/C25H25FN2O4S/c1-6-28-19-11-15(13(2)7-17(19)25(3,4)12-21(28)29)16-8-14(9-18(26)22(16)32-5)10-20-23(30)27-24(31)33-20/h7-11H,6,12H2,1-5H3,(H,27,30,31)/b20-10+. The Morgan fingerprint density at radius 2 is 1.91 bits per heavy atom. The summed E-state index contributed by atoms with van der Waals surface area (Å²) in [5.74, 6) is -0.968. The van der Waals surface area contributed by atoms with E-state index >= 15 is 4.39 Å². The fraction of sp³-hybridized carbons (Fsp3) is 0.320. The number of halogens is 1. The van der Waals surface area contributed by atoms with Crippen molar-refractivity contribution < 1.29 is 23.5 Å². The maximum absolute atomic E-state index is 15.1. The number of nitrogens with one attached hydrogen (secondary N) is 1. The van der Waals surface area contributed by atoms with E-state index in [1.807, 2.05) is 19.9 Å².